The van der Waals surface area contributed by atoms with Crippen LogP contribution in [0, 0.1) is 34.0 Å². The van der Waals surface area contributed by atoms with Gasteiger partial charge in [0.05, 0.1) is 18.1 Å². The zero-order chi connectivity index (χ0) is 22.7. The number of fused-ring (bicyclic) bond motifs is 3. The second kappa shape index (κ2) is 7.46. The molecule has 0 saturated heterocycles. The molecule has 6 rings (SSSR count). The summed E-state index contributed by atoms with van der Waals surface area (Å²) in [5, 5.41) is 0. The molecule has 0 aliphatic heterocycles. The quantitative estimate of drug-likeness (QED) is 0.433. The first kappa shape index (κ1) is 21.7. The van der Waals surface area contributed by atoms with Gasteiger partial charge in [-0.25, -0.2) is 4.79 Å². The molecule has 5 aliphatic rings. The Hall–Kier alpha value is -2.10. The van der Waals surface area contributed by atoms with Crippen LogP contribution in [-0.2, 0) is 14.3 Å². The van der Waals surface area contributed by atoms with Crippen molar-refractivity contribution in [2.45, 2.75) is 71.3 Å². The van der Waals surface area contributed by atoms with Crippen LogP contribution >= 0.6 is 0 Å². The van der Waals surface area contributed by atoms with Crippen LogP contribution in [0.15, 0.2) is 42.5 Å². The Morgan fingerprint density at radius 3 is 2.53 bits per heavy atom. The van der Waals surface area contributed by atoms with Gasteiger partial charge in [0, 0.05) is 5.92 Å². The summed E-state index contributed by atoms with van der Waals surface area (Å²) in [7, 11) is 1.53. The summed E-state index contributed by atoms with van der Waals surface area (Å²) in [5.74, 6) is 0.852. The molecule has 0 amide bonds. The molecular weight excluding hydrogens is 400 g/mol. The summed E-state index contributed by atoms with van der Waals surface area (Å²) in [6.07, 6.45) is 8.19. The summed E-state index contributed by atoms with van der Waals surface area (Å²) in [6.45, 7) is 9.03. The molecule has 0 radical (unpaired) electrons. The Labute approximate surface area is 191 Å². The number of benzene rings is 1. The lowest BCUT2D eigenvalue weighted by Gasteiger charge is -2.68. The fourth-order valence-electron chi connectivity index (χ4n) is 8.67. The van der Waals surface area contributed by atoms with Crippen LogP contribution in [0.5, 0.6) is 0 Å². The van der Waals surface area contributed by atoms with Crippen molar-refractivity contribution >= 4 is 11.9 Å². The van der Waals surface area contributed by atoms with E-state index in [9.17, 15) is 9.59 Å². The standard InChI is InChI=1S/C28H36O4/c1-18-16-28-14-11-22-26(2,12-8-13-27(22,3)25(30)31-4)23(28)15-20(18)21(17-28)32-24(29)19-9-6-5-7-10-19/h5-7,9-10,20-23H,1,8,11-17H2,2-4H3/t20-,21?,22-,23-,26+,27-,28+/m1/s1. The molecule has 7 atom stereocenters. The number of carbonyl (C=O) groups excluding carboxylic acids is 2. The van der Waals surface area contributed by atoms with E-state index >= 15 is 0 Å². The lowest BCUT2D eigenvalue weighted by atomic mass is 9.36. The van der Waals surface area contributed by atoms with Crippen molar-refractivity contribution in [1.29, 1.82) is 0 Å². The number of hydrogen-bond donors (Lipinski definition) is 0. The average molecular weight is 437 g/mol. The Bertz CT molecular complexity index is 938. The number of rotatable bonds is 3. The smallest absolute Gasteiger partial charge is 0.338 e. The van der Waals surface area contributed by atoms with Crippen LogP contribution < -0.4 is 0 Å². The lowest BCUT2D eigenvalue weighted by Crippen LogP contribution is -2.63. The highest BCUT2D eigenvalue weighted by molar-refractivity contribution is 5.89. The minimum Gasteiger partial charge on any atom is -0.469 e. The third kappa shape index (κ3) is 3.01. The number of methoxy groups -OCH3 is 1. The zero-order valence-electron chi connectivity index (χ0n) is 19.7. The van der Waals surface area contributed by atoms with E-state index in [0.29, 0.717) is 17.4 Å². The monoisotopic (exact) mass is 436 g/mol. The van der Waals surface area contributed by atoms with Gasteiger partial charge in [-0.2, -0.15) is 0 Å². The van der Waals surface area contributed by atoms with Crippen molar-refractivity contribution in [2.75, 3.05) is 7.11 Å². The highest BCUT2D eigenvalue weighted by Crippen LogP contribution is 2.72. The molecule has 5 fully saturated rings. The molecule has 1 unspecified atom stereocenters. The minimum absolute atomic E-state index is 0.0376. The normalized spacial score (nSPS) is 42.5. The summed E-state index contributed by atoms with van der Waals surface area (Å²) in [5.41, 5.74) is 1.73. The van der Waals surface area contributed by atoms with Gasteiger partial charge in [0.15, 0.2) is 0 Å². The predicted octanol–water partition coefficient (Wildman–Crippen LogP) is 5.96. The van der Waals surface area contributed by atoms with Gasteiger partial charge in [-0.05, 0) is 86.7 Å². The molecule has 172 valence electrons. The molecule has 1 spiro atoms. The summed E-state index contributed by atoms with van der Waals surface area (Å²) >= 11 is 0. The third-order valence-electron chi connectivity index (χ3n) is 10.0. The largest absolute Gasteiger partial charge is 0.469 e. The SMILES string of the molecule is C=C1C[C@]23CC[C@@H]4[C@](C)(CCC[C@@]4(C)C(=O)OC)[C@H]2C[C@H]1C(OC(=O)c1ccccc1)C3. The topological polar surface area (TPSA) is 52.6 Å². The number of esters is 2. The van der Waals surface area contributed by atoms with E-state index in [0.717, 1.165) is 44.9 Å². The number of ether oxygens (including phenoxy) is 2. The van der Waals surface area contributed by atoms with E-state index in [1.807, 2.05) is 30.3 Å². The Kier molecular flexibility index (Phi) is 5.07. The van der Waals surface area contributed by atoms with Crippen molar-refractivity contribution in [3.8, 4) is 0 Å². The third-order valence-corrected chi connectivity index (χ3v) is 10.0. The van der Waals surface area contributed by atoms with E-state index in [1.165, 1.54) is 19.1 Å². The lowest BCUT2D eigenvalue weighted by molar-refractivity contribution is -0.204. The first-order valence-corrected chi connectivity index (χ1v) is 12.3. The van der Waals surface area contributed by atoms with Gasteiger partial charge in [0.25, 0.3) is 0 Å². The molecule has 5 aliphatic carbocycles. The Balaban J connectivity index is 1.43. The van der Waals surface area contributed by atoms with Gasteiger partial charge in [0.2, 0.25) is 0 Å². The van der Waals surface area contributed by atoms with Crippen LogP contribution in [0.3, 0.4) is 0 Å². The molecule has 0 aromatic heterocycles. The first-order valence-electron chi connectivity index (χ1n) is 12.3. The minimum atomic E-state index is -0.393. The molecule has 4 heteroatoms. The summed E-state index contributed by atoms with van der Waals surface area (Å²) < 4.78 is 11.4. The van der Waals surface area contributed by atoms with Gasteiger partial charge in [-0.15, -0.1) is 0 Å². The first-order chi connectivity index (χ1) is 15.2. The van der Waals surface area contributed by atoms with E-state index in [4.69, 9.17) is 9.47 Å². The molecule has 32 heavy (non-hydrogen) atoms. The van der Waals surface area contributed by atoms with Crippen LogP contribution in [0.2, 0.25) is 0 Å². The maximum atomic E-state index is 12.9. The predicted molar refractivity (Wildman–Crippen MR) is 123 cm³/mol. The maximum absolute atomic E-state index is 12.9. The molecule has 1 aromatic rings. The van der Waals surface area contributed by atoms with Crippen molar-refractivity contribution < 1.29 is 19.1 Å². The van der Waals surface area contributed by atoms with Crippen molar-refractivity contribution in [2.24, 2.45) is 34.0 Å². The van der Waals surface area contributed by atoms with Crippen LogP contribution in [-0.4, -0.2) is 25.2 Å². The van der Waals surface area contributed by atoms with E-state index in [2.05, 4.69) is 20.4 Å². The van der Waals surface area contributed by atoms with E-state index in [-0.39, 0.29) is 34.8 Å². The summed E-state index contributed by atoms with van der Waals surface area (Å²) in [4.78, 5) is 25.7. The van der Waals surface area contributed by atoms with Gasteiger partial charge < -0.3 is 9.47 Å². The molecule has 1 aromatic carbocycles. The Morgan fingerprint density at radius 1 is 1.06 bits per heavy atom. The molecule has 0 N–H and O–H groups in total. The molecular formula is C28H36O4. The van der Waals surface area contributed by atoms with Crippen LogP contribution in [0.1, 0.15) is 75.6 Å². The van der Waals surface area contributed by atoms with Crippen molar-refractivity contribution in [3.63, 3.8) is 0 Å². The van der Waals surface area contributed by atoms with Crippen LogP contribution in [0.25, 0.3) is 0 Å². The fraction of sp³-hybridized carbons (Fsp3) is 0.643. The number of hydrogen-bond acceptors (Lipinski definition) is 4. The van der Waals surface area contributed by atoms with Crippen LogP contribution in [0.4, 0.5) is 0 Å². The van der Waals surface area contributed by atoms with Gasteiger partial charge in [-0.1, -0.05) is 43.7 Å². The molecule has 0 heterocycles. The second-order valence-corrected chi connectivity index (χ2v) is 11.5. The molecule has 2 bridgehead atoms. The van der Waals surface area contributed by atoms with Crippen molar-refractivity contribution in [3.05, 3.63) is 48.0 Å². The van der Waals surface area contributed by atoms with Gasteiger partial charge >= 0.3 is 11.9 Å². The highest BCUT2D eigenvalue weighted by atomic mass is 16.5. The van der Waals surface area contributed by atoms with Gasteiger partial charge in [-0.3, -0.25) is 4.79 Å². The average Bonchev–Trinajstić information content (AvgIpc) is 2.78. The van der Waals surface area contributed by atoms with E-state index in [1.54, 1.807) is 0 Å². The van der Waals surface area contributed by atoms with Crippen molar-refractivity contribution in [1.82, 2.24) is 0 Å². The fourth-order valence-corrected chi connectivity index (χ4v) is 8.67. The molecule has 5 saturated carbocycles. The maximum Gasteiger partial charge on any atom is 0.338 e. The molecule has 4 nitrogen and oxygen atoms in total. The van der Waals surface area contributed by atoms with Gasteiger partial charge in [0.1, 0.15) is 6.10 Å². The highest BCUT2D eigenvalue weighted by Gasteiger charge is 2.67. The second-order valence-electron chi connectivity index (χ2n) is 11.5. The van der Waals surface area contributed by atoms with E-state index < -0.39 is 5.41 Å². The number of carbonyl (C=O) groups is 2. The Morgan fingerprint density at radius 2 is 1.81 bits per heavy atom. The summed E-state index contributed by atoms with van der Waals surface area (Å²) in [6, 6.07) is 9.31. The zero-order valence-corrected chi connectivity index (χ0v) is 19.7.